The molecule has 1 heterocycles. The van der Waals surface area contributed by atoms with Crippen molar-refractivity contribution in [1.82, 2.24) is 9.80 Å². The number of benzene rings is 1. The van der Waals surface area contributed by atoms with Crippen LogP contribution in [0.25, 0.3) is 0 Å². The molecule has 1 unspecified atom stereocenters. The van der Waals surface area contributed by atoms with E-state index in [1.165, 1.54) is 5.56 Å². The van der Waals surface area contributed by atoms with Crippen LogP contribution >= 0.6 is 24.8 Å². The van der Waals surface area contributed by atoms with E-state index in [1.54, 1.807) is 0 Å². The molecule has 0 spiro atoms. The van der Waals surface area contributed by atoms with E-state index in [9.17, 15) is 4.79 Å². The molecule has 2 N–H and O–H groups in total. The average molecular weight is 362 g/mol. The van der Waals surface area contributed by atoms with Crippen molar-refractivity contribution < 1.29 is 4.79 Å². The molecule has 0 radical (unpaired) electrons. The van der Waals surface area contributed by atoms with Gasteiger partial charge in [-0.25, -0.2) is 0 Å². The molecule has 0 aliphatic carbocycles. The van der Waals surface area contributed by atoms with Gasteiger partial charge in [0.1, 0.15) is 0 Å². The zero-order chi connectivity index (χ0) is 15.1. The molecule has 132 valence electrons. The van der Waals surface area contributed by atoms with Crippen molar-refractivity contribution >= 4 is 30.7 Å². The Bertz CT molecular complexity index is 445. The maximum atomic E-state index is 12.1. The van der Waals surface area contributed by atoms with Gasteiger partial charge in [0.05, 0.1) is 0 Å². The second-order valence-corrected chi connectivity index (χ2v) is 5.87. The molecule has 1 amide bonds. The first kappa shape index (κ1) is 22.2. The lowest BCUT2D eigenvalue weighted by atomic mass is 10.1. The Morgan fingerprint density at radius 1 is 1.17 bits per heavy atom. The molecule has 1 aliphatic heterocycles. The van der Waals surface area contributed by atoms with Crippen LogP contribution in [0.1, 0.15) is 31.7 Å². The van der Waals surface area contributed by atoms with E-state index in [-0.39, 0.29) is 30.7 Å². The Morgan fingerprint density at radius 3 is 2.52 bits per heavy atom. The topological polar surface area (TPSA) is 49.6 Å². The highest BCUT2D eigenvalue weighted by Crippen LogP contribution is 2.15. The van der Waals surface area contributed by atoms with Gasteiger partial charge < -0.3 is 10.6 Å². The van der Waals surface area contributed by atoms with Crippen LogP contribution in [0.4, 0.5) is 0 Å². The van der Waals surface area contributed by atoms with Crippen molar-refractivity contribution in [3.05, 3.63) is 35.9 Å². The minimum absolute atomic E-state index is 0. The highest BCUT2D eigenvalue weighted by atomic mass is 35.5. The van der Waals surface area contributed by atoms with E-state index >= 15 is 0 Å². The summed E-state index contributed by atoms with van der Waals surface area (Å²) in [6, 6.07) is 11.1. The van der Waals surface area contributed by atoms with E-state index in [0.717, 1.165) is 39.0 Å². The van der Waals surface area contributed by atoms with Crippen LogP contribution in [0.5, 0.6) is 0 Å². The standard InChI is InChI=1S/C17H27N3O.2ClH/c1-15-9-11-19(17(21)8-5-10-18)12-13-20(15)14-16-6-3-2-4-7-16;;/h2-4,6-7,15H,5,8-14,18H2,1H3;2*1H. The molecule has 23 heavy (non-hydrogen) atoms. The van der Waals surface area contributed by atoms with Crippen molar-refractivity contribution in [2.75, 3.05) is 26.2 Å². The summed E-state index contributed by atoms with van der Waals surface area (Å²) in [6.45, 7) is 6.47. The van der Waals surface area contributed by atoms with Gasteiger partial charge >= 0.3 is 0 Å². The van der Waals surface area contributed by atoms with Crippen LogP contribution in [0.2, 0.25) is 0 Å². The average Bonchev–Trinajstić information content (AvgIpc) is 2.69. The molecular formula is C17H29Cl2N3O. The van der Waals surface area contributed by atoms with Crippen molar-refractivity contribution in [3.63, 3.8) is 0 Å². The molecular weight excluding hydrogens is 333 g/mol. The van der Waals surface area contributed by atoms with E-state index in [2.05, 4.69) is 36.1 Å². The number of nitrogens with two attached hydrogens (primary N) is 1. The van der Waals surface area contributed by atoms with E-state index in [4.69, 9.17) is 5.73 Å². The van der Waals surface area contributed by atoms with E-state index in [1.807, 2.05) is 11.0 Å². The maximum absolute atomic E-state index is 12.1. The Morgan fingerprint density at radius 2 is 1.87 bits per heavy atom. The number of amides is 1. The summed E-state index contributed by atoms with van der Waals surface area (Å²) in [7, 11) is 0. The SMILES string of the molecule is CC1CCN(C(=O)CCCN)CCN1Cc1ccccc1.Cl.Cl. The van der Waals surface area contributed by atoms with Gasteiger partial charge in [0, 0.05) is 38.6 Å². The van der Waals surface area contributed by atoms with Crippen LogP contribution in [0.3, 0.4) is 0 Å². The third-order valence-electron chi connectivity index (χ3n) is 4.27. The zero-order valence-corrected chi connectivity index (χ0v) is 15.5. The monoisotopic (exact) mass is 361 g/mol. The minimum atomic E-state index is 0. The minimum Gasteiger partial charge on any atom is -0.341 e. The van der Waals surface area contributed by atoms with Crippen LogP contribution in [0.15, 0.2) is 30.3 Å². The largest absolute Gasteiger partial charge is 0.341 e. The number of halogens is 2. The molecule has 4 nitrogen and oxygen atoms in total. The summed E-state index contributed by atoms with van der Waals surface area (Å²) < 4.78 is 0. The van der Waals surface area contributed by atoms with Gasteiger partial charge in [-0.3, -0.25) is 9.69 Å². The maximum Gasteiger partial charge on any atom is 0.222 e. The van der Waals surface area contributed by atoms with E-state index < -0.39 is 0 Å². The fraction of sp³-hybridized carbons (Fsp3) is 0.588. The normalized spacial score (nSPS) is 18.5. The predicted molar refractivity (Wildman–Crippen MR) is 100 cm³/mol. The zero-order valence-electron chi connectivity index (χ0n) is 13.8. The van der Waals surface area contributed by atoms with Crippen molar-refractivity contribution in [2.45, 2.75) is 38.8 Å². The van der Waals surface area contributed by atoms with Gasteiger partial charge in [-0.1, -0.05) is 30.3 Å². The second kappa shape index (κ2) is 11.7. The number of hydrogen-bond donors (Lipinski definition) is 1. The number of rotatable bonds is 5. The molecule has 1 saturated heterocycles. The van der Waals surface area contributed by atoms with Crippen LogP contribution in [0, 0.1) is 0 Å². The third kappa shape index (κ3) is 7.08. The number of carbonyl (C=O) groups is 1. The molecule has 1 fully saturated rings. The number of carbonyl (C=O) groups excluding carboxylic acids is 1. The molecule has 0 aromatic heterocycles. The molecule has 0 saturated carbocycles. The first-order valence-electron chi connectivity index (χ1n) is 7.96. The Labute approximate surface area is 152 Å². The van der Waals surface area contributed by atoms with Gasteiger partial charge in [0.25, 0.3) is 0 Å². The molecule has 6 heteroatoms. The Balaban J connectivity index is 0.00000242. The number of nitrogens with zero attached hydrogens (tertiary/aromatic N) is 2. The predicted octanol–water partition coefficient (Wildman–Crippen LogP) is 2.69. The summed E-state index contributed by atoms with van der Waals surface area (Å²) >= 11 is 0. The summed E-state index contributed by atoms with van der Waals surface area (Å²) in [5.41, 5.74) is 6.83. The highest BCUT2D eigenvalue weighted by molar-refractivity contribution is 5.85. The lowest BCUT2D eigenvalue weighted by molar-refractivity contribution is -0.131. The summed E-state index contributed by atoms with van der Waals surface area (Å²) in [5.74, 6) is 0.259. The lowest BCUT2D eigenvalue weighted by Gasteiger charge is -2.26. The van der Waals surface area contributed by atoms with Crippen LogP contribution in [-0.4, -0.2) is 47.9 Å². The second-order valence-electron chi connectivity index (χ2n) is 5.87. The lowest BCUT2D eigenvalue weighted by Crippen LogP contribution is -2.36. The number of hydrogen-bond acceptors (Lipinski definition) is 3. The molecule has 1 aliphatic rings. The molecule has 0 bridgehead atoms. The molecule has 1 aromatic carbocycles. The first-order chi connectivity index (χ1) is 10.2. The first-order valence-corrected chi connectivity index (χ1v) is 7.96. The molecule has 1 aromatic rings. The fourth-order valence-electron chi connectivity index (χ4n) is 2.82. The quantitative estimate of drug-likeness (QED) is 0.876. The summed E-state index contributed by atoms with van der Waals surface area (Å²) in [4.78, 5) is 16.6. The van der Waals surface area contributed by atoms with Gasteiger partial charge in [-0.15, -0.1) is 24.8 Å². The summed E-state index contributed by atoms with van der Waals surface area (Å²) in [6.07, 6.45) is 2.42. The van der Waals surface area contributed by atoms with Gasteiger partial charge in [-0.05, 0) is 31.9 Å². The Kier molecular flexibility index (Phi) is 11.3. The molecule has 2 rings (SSSR count). The van der Waals surface area contributed by atoms with Crippen LogP contribution in [-0.2, 0) is 11.3 Å². The van der Waals surface area contributed by atoms with Crippen molar-refractivity contribution in [2.24, 2.45) is 5.73 Å². The smallest absolute Gasteiger partial charge is 0.222 e. The van der Waals surface area contributed by atoms with Gasteiger partial charge in [-0.2, -0.15) is 0 Å². The van der Waals surface area contributed by atoms with Gasteiger partial charge in [0.15, 0.2) is 0 Å². The Hall–Kier alpha value is -0.810. The highest BCUT2D eigenvalue weighted by Gasteiger charge is 2.23. The third-order valence-corrected chi connectivity index (χ3v) is 4.27. The van der Waals surface area contributed by atoms with E-state index in [0.29, 0.717) is 19.0 Å². The molecule has 1 atom stereocenters. The van der Waals surface area contributed by atoms with Crippen molar-refractivity contribution in [3.8, 4) is 0 Å². The van der Waals surface area contributed by atoms with Crippen LogP contribution < -0.4 is 5.73 Å². The summed E-state index contributed by atoms with van der Waals surface area (Å²) in [5, 5.41) is 0. The van der Waals surface area contributed by atoms with Gasteiger partial charge in [0.2, 0.25) is 5.91 Å². The fourth-order valence-corrected chi connectivity index (χ4v) is 2.82. The van der Waals surface area contributed by atoms with Crippen molar-refractivity contribution in [1.29, 1.82) is 0 Å².